The van der Waals surface area contributed by atoms with E-state index in [4.69, 9.17) is 11.5 Å². The fourth-order valence-corrected chi connectivity index (χ4v) is 3.33. The van der Waals surface area contributed by atoms with E-state index in [1.54, 1.807) is 24.3 Å². The van der Waals surface area contributed by atoms with E-state index < -0.39 is 34.3 Å². The molecular formula is C13H14N4O4S. The lowest BCUT2D eigenvalue weighted by molar-refractivity contribution is -0.124. The van der Waals surface area contributed by atoms with Gasteiger partial charge in [-0.15, -0.1) is 0 Å². The maximum Gasteiger partial charge on any atom is 0.243 e. The van der Waals surface area contributed by atoms with Crippen molar-refractivity contribution < 1.29 is 18.0 Å². The molecule has 0 aliphatic carbocycles. The summed E-state index contributed by atoms with van der Waals surface area (Å²) < 4.78 is 27.0. The summed E-state index contributed by atoms with van der Waals surface area (Å²) in [6.45, 7) is 0. The molecule has 0 saturated heterocycles. The van der Waals surface area contributed by atoms with Crippen molar-refractivity contribution in [1.82, 2.24) is 9.71 Å². The summed E-state index contributed by atoms with van der Waals surface area (Å²) in [6.07, 6.45) is 0.934. The molecule has 2 rings (SSSR count). The number of nitrogens with zero attached hydrogens (tertiary/aromatic N) is 1. The van der Waals surface area contributed by atoms with Gasteiger partial charge in [0.1, 0.15) is 10.9 Å². The number of carbonyl (C=O) groups is 2. The highest BCUT2D eigenvalue weighted by Crippen LogP contribution is 2.20. The Morgan fingerprint density at radius 3 is 2.50 bits per heavy atom. The summed E-state index contributed by atoms with van der Waals surface area (Å²) in [5.74, 6) is -1.84. The number of aromatic nitrogens is 1. The Hall–Kier alpha value is -2.52. The number of hydrogen-bond acceptors (Lipinski definition) is 5. The molecule has 0 radical (unpaired) electrons. The van der Waals surface area contributed by atoms with E-state index in [-0.39, 0.29) is 10.4 Å². The van der Waals surface area contributed by atoms with Crippen LogP contribution < -0.4 is 16.2 Å². The van der Waals surface area contributed by atoms with Crippen molar-refractivity contribution in [2.75, 3.05) is 0 Å². The Bertz CT molecular complexity index is 830. The molecule has 1 aromatic heterocycles. The van der Waals surface area contributed by atoms with Crippen LogP contribution in [0.4, 0.5) is 0 Å². The average Bonchev–Trinajstić information content (AvgIpc) is 2.45. The van der Waals surface area contributed by atoms with Gasteiger partial charge in [-0.25, -0.2) is 8.42 Å². The summed E-state index contributed by atoms with van der Waals surface area (Å²) >= 11 is 0. The highest BCUT2D eigenvalue weighted by molar-refractivity contribution is 7.89. The van der Waals surface area contributed by atoms with Crippen molar-refractivity contribution in [2.24, 2.45) is 11.5 Å². The van der Waals surface area contributed by atoms with Gasteiger partial charge in [-0.1, -0.05) is 18.2 Å². The molecule has 116 valence electrons. The number of carbonyl (C=O) groups excluding carboxylic acids is 2. The molecule has 1 heterocycles. The maximum absolute atomic E-state index is 12.4. The van der Waals surface area contributed by atoms with Gasteiger partial charge in [0.2, 0.25) is 21.8 Å². The Morgan fingerprint density at radius 2 is 1.86 bits per heavy atom. The molecule has 9 heteroatoms. The van der Waals surface area contributed by atoms with Crippen molar-refractivity contribution in [2.45, 2.75) is 17.4 Å². The second-order valence-corrected chi connectivity index (χ2v) is 6.26. The lowest BCUT2D eigenvalue weighted by Gasteiger charge is -2.15. The first-order valence-electron chi connectivity index (χ1n) is 6.25. The summed E-state index contributed by atoms with van der Waals surface area (Å²) in [6, 6.07) is 6.56. The molecule has 0 bridgehead atoms. The van der Waals surface area contributed by atoms with E-state index in [0.29, 0.717) is 5.39 Å². The first kappa shape index (κ1) is 15.9. The first-order chi connectivity index (χ1) is 10.3. The molecule has 2 amide bonds. The lowest BCUT2D eigenvalue weighted by Crippen LogP contribution is -2.46. The van der Waals surface area contributed by atoms with Gasteiger partial charge in [-0.05, 0) is 12.1 Å². The number of amides is 2. The molecule has 1 aromatic carbocycles. The second-order valence-electron chi connectivity index (χ2n) is 4.58. The van der Waals surface area contributed by atoms with Crippen LogP contribution in [0.2, 0.25) is 0 Å². The minimum absolute atomic E-state index is 0.110. The topological polar surface area (TPSA) is 145 Å². The highest BCUT2D eigenvalue weighted by Gasteiger charge is 2.27. The van der Waals surface area contributed by atoms with E-state index in [1.807, 2.05) is 0 Å². The zero-order valence-corrected chi connectivity index (χ0v) is 12.2. The molecule has 22 heavy (non-hydrogen) atoms. The van der Waals surface area contributed by atoms with Gasteiger partial charge in [0.05, 0.1) is 11.9 Å². The van der Waals surface area contributed by atoms with Crippen LogP contribution in [0.5, 0.6) is 0 Å². The van der Waals surface area contributed by atoms with E-state index in [1.165, 1.54) is 12.3 Å². The van der Waals surface area contributed by atoms with Crippen molar-refractivity contribution in [3.8, 4) is 0 Å². The molecule has 0 spiro atoms. The summed E-state index contributed by atoms with van der Waals surface area (Å²) in [7, 11) is -4.10. The fourth-order valence-electron chi connectivity index (χ4n) is 1.95. The number of pyridine rings is 1. The number of benzene rings is 1. The number of nitrogens with two attached hydrogens (primary N) is 2. The van der Waals surface area contributed by atoms with Crippen molar-refractivity contribution >= 4 is 32.7 Å². The number of nitrogens with one attached hydrogen (secondary N) is 1. The van der Waals surface area contributed by atoms with Crippen LogP contribution in [0, 0.1) is 0 Å². The third-order valence-electron chi connectivity index (χ3n) is 2.93. The van der Waals surface area contributed by atoms with Crippen molar-refractivity contribution in [1.29, 1.82) is 0 Å². The van der Waals surface area contributed by atoms with Gasteiger partial charge in [0.15, 0.2) is 0 Å². The van der Waals surface area contributed by atoms with Crippen LogP contribution in [0.25, 0.3) is 10.9 Å². The van der Waals surface area contributed by atoms with Crippen LogP contribution in [0.15, 0.2) is 41.4 Å². The van der Waals surface area contributed by atoms with E-state index in [9.17, 15) is 18.0 Å². The molecule has 0 aliphatic heterocycles. The Morgan fingerprint density at radius 1 is 1.18 bits per heavy atom. The third-order valence-corrected chi connectivity index (χ3v) is 4.43. The largest absolute Gasteiger partial charge is 0.370 e. The van der Waals surface area contributed by atoms with Crippen LogP contribution in [0.3, 0.4) is 0 Å². The number of rotatable bonds is 6. The predicted molar refractivity (Wildman–Crippen MR) is 78.9 cm³/mol. The van der Waals surface area contributed by atoms with Crippen molar-refractivity contribution in [3.05, 3.63) is 36.5 Å². The third kappa shape index (κ3) is 3.38. The van der Waals surface area contributed by atoms with Crippen LogP contribution in [0.1, 0.15) is 6.42 Å². The van der Waals surface area contributed by atoms with Gasteiger partial charge < -0.3 is 11.5 Å². The average molecular weight is 322 g/mol. The smallest absolute Gasteiger partial charge is 0.243 e. The zero-order valence-electron chi connectivity index (χ0n) is 11.4. The standard InChI is InChI=1S/C13H14N4O4S/c14-11(18)7-9(13(15)19)17-22(20,21)10-5-1-3-8-4-2-6-16-12(8)10/h1-6,9,17H,7H2,(H2,14,18)(H2,15,19)/t9-/m0/s1. The number of primary amides is 2. The lowest BCUT2D eigenvalue weighted by atomic mass is 10.2. The highest BCUT2D eigenvalue weighted by atomic mass is 32.2. The van der Waals surface area contributed by atoms with Crippen LogP contribution in [-0.4, -0.2) is 31.3 Å². The Balaban J connectivity index is 2.44. The monoisotopic (exact) mass is 322 g/mol. The minimum atomic E-state index is -4.10. The van der Waals surface area contributed by atoms with Gasteiger partial charge in [0.25, 0.3) is 0 Å². The van der Waals surface area contributed by atoms with Gasteiger partial charge in [-0.2, -0.15) is 4.72 Å². The maximum atomic E-state index is 12.4. The summed E-state index contributed by atoms with van der Waals surface area (Å²) in [5, 5.41) is 0.621. The molecule has 0 saturated carbocycles. The molecule has 1 atom stereocenters. The molecular weight excluding hydrogens is 308 g/mol. The Labute approximate surface area is 126 Å². The van der Waals surface area contributed by atoms with Crippen LogP contribution >= 0.6 is 0 Å². The van der Waals surface area contributed by atoms with Crippen molar-refractivity contribution in [3.63, 3.8) is 0 Å². The van der Waals surface area contributed by atoms with E-state index in [2.05, 4.69) is 9.71 Å². The van der Waals surface area contributed by atoms with Gasteiger partial charge >= 0.3 is 0 Å². The molecule has 0 aliphatic rings. The Kier molecular flexibility index (Phi) is 4.38. The molecule has 2 aromatic rings. The molecule has 0 unspecified atom stereocenters. The first-order valence-corrected chi connectivity index (χ1v) is 7.73. The molecule has 5 N–H and O–H groups in total. The zero-order chi connectivity index (χ0) is 16.3. The SMILES string of the molecule is NC(=O)C[C@H](NS(=O)(=O)c1cccc2cccnc12)C(N)=O. The number of sulfonamides is 1. The molecule has 8 nitrogen and oxygen atoms in total. The number of fused-ring (bicyclic) bond motifs is 1. The normalized spacial score (nSPS) is 12.9. The summed E-state index contributed by atoms with van der Waals surface area (Å²) in [4.78, 5) is 26.1. The second kappa shape index (κ2) is 6.08. The van der Waals surface area contributed by atoms with Gasteiger partial charge in [0, 0.05) is 11.6 Å². The fraction of sp³-hybridized carbons (Fsp3) is 0.154. The van der Waals surface area contributed by atoms with Crippen LogP contribution in [-0.2, 0) is 19.6 Å². The predicted octanol–water partition coefficient (Wildman–Crippen LogP) is -0.758. The molecule has 0 fully saturated rings. The van der Waals surface area contributed by atoms with Gasteiger partial charge in [-0.3, -0.25) is 14.6 Å². The number of para-hydroxylation sites is 1. The number of hydrogen-bond donors (Lipinski definition) is 3. The quantitative estimate of drug-likeness (QED) is 0.640. The summed E-state index contributed by atoms with van der Waals surface area (Å²) in [5.41, 5.74) is 10.3. The minimum Gasteiger partial charge on any atom is -0.370 e. The van der Waals surface area contributed by atoms with E-state index in [0.717, 1.165) is 0 Å². The van der Waals surface area contributed by atoms with E-state index >= 15 is 0 Å².